The minimum absolute atomic E-state index is 0.0349. The number of amides is 1. The zero-order valence-electron chi connectivity index (χ0n) is 17.3. The Kier molecular flexibility index (Phi) is 4.99. The highest BCUT2D eigenvalue weighted by atomic mass is 16.2. The van der Waals surface area contributed by atoms with Gasteiger partial charge in [0.25, 0.3) is 5.91 Å². The van der Waals surface area contributed by atoms with Gasteiger partial charge in [0.1, 0.15) is 0 Å². The highest BCUT2D eigenvalue weighted by Crippen LogP contribution is 2.41. The van der Waals surface area contributed by atoms with E-state index in [0.29, 0.717) is 36.1 Å². The van der Waals surface area contributed by atoms with Crippen molar-refractivity contribution in [1.82, 2.24) is 5.32 Å². The summed E-state index contributed by atoms with van der Waals surface area (Å²) < 4.78 is 0. The molecule has 0 radical (unpaired) electrons. The third kappa shape index (κ3) is 4.21. The standard InChI is InChI=1S/C25H27N3O2/c1-16-12-25(30)28(27-16)21-10-8-20(9-11-21)24(29)13-17-4-6-19(7-5-17)22-14-23(22)26-15-18-2-3-18/h4-11,18,22-23,26H,2-3,12-15H2,1H3. The highest BCUT2D eigenvalue weighted by Gasteiger charge is 2.38. The third-order valence-electron chi connectivity index (χ3n) is 6.28. The second-order valence-electron chi connectivity index (χ2n) is 8.91. The van der Waals surface area contributed by atoms with Crippen molar-refractivity contribution < 1.29 is 9.59 Å². The molecule has 5 rings (SSSR count). The fourth-order valence-corrected chi connectivity index (χ4v) is 4.14. The lowest BCUT2D eigenvalue weighted by Crippen LogP contribution is -2.20. The van der Waals surface area contributed by atoms with Gasteiger partial charge in [-0.15, -0.1) is 0 Å². The summed E-state index contributed by atoms with van der Waals surface area (Å²) in [7, 11) is 0. The fraction of sp³-hybridized carbons (Fsp3) is 0.400. The molecule has 2 unspecified atom stereocenters. The van der Waals surface area contributed by atoms with Gasteiger partial charge < -0.3 is 5.32 Å². The van der Waals surface area contributed by atoms with Gasteiger partial charge in [-0.3, -0.25) is 9.59 Å². The van der Waals surface area contributed by atoms with E-state index < -0.39 is 0 Å². The van der Waals surface area contributed by atoms with E-state index in [1.165, 1.54) is 36.4 Å². The van der Waals surface area contributed by atoms with E-state index >= 15 is 0 Å². The van der Waals surface area contributed by atoms with E-state index in [4.69, 9.17) is 0 Å². The van der Waals surface area contributed by atoms with Crippen molar-refractivity contribution in [1.29, 1.82) is 0 Å². The molecular weight excluding hydrogens is 374 g/mol. The van der Waals surface area contributed by atoms with Gasteiger partial charge >= 0.3 is 0 Å². The Hall–Kier alpha value is -2.79. The monoisotopic (exact) mass is 401 g/mol. The van der Waals surface area contributed by atoms with Crippen molar-refractivity contribution in [3.05, 3.63) is 65.2 Å². The van der Waals surface area contributed by atoms with Crippen LogP contribution in [0.1, 0.15) is 60.0 Å². The minimum Gasteiger partial charge on any atom is -0.313 e. The van der Waals surface area contributed by atoms with Crippen molar-refractivity contribution in [2.75, 3.05) is 11.6 Å². The molecule has 2 aromatic carbocycles. The molecule has 2 aromatic rings. The molecule has 0 bridgehead atoms. The maximum Gasteiger partial charge on any atom is 0.253 e. The number of Topliss-reactive ketones (excluding diaryl/α,β-unsaturated/α-hetero) is 1. The molecule has 3 aliphatic rings. The van der Waals surface area contributed by atoms with Gasteiger partial charge in [0.05, 0.1) is 12.1 Å². The van der Waals surface area contributed by atoms with E-state index in [2.05, 4.69) is 34.7 Å². The average Bonchev–Trinajstić information content (AvgIpc) is 3.66. The van der Waals surface area contributed by atoms with Gasteiger partial charge in [-0.05, 0) is 74.0 Å². The minimum atomic E-state index is -0.0349. The van der Waals surface area contributed by atoms with Crippen molar-refractivity contribution in [2.45, 2.75) is 51.0 Å². The number of carbonyl (C=O) groups excluding carboxylic acids is 2. The molecule has 2 atom stereocenters. The molecule has 1 amide bonds. The number of hydrogen-bond acceptors (Lipinski definition) is 4. The lowest BCUT2D eigenvalue weighted by Gasteiger charge is -2.12. The van der Waals surface area contributed by atoms with Crippen molar-refractivity contribution >= 4 is 23.1 Å². The first kappa shape index (κ1) is 19.2. The van der Waals surface area contributed by atoms with Crippen LogP contribution in [0.4, 0.5) is 5.69 Å². The summed E-state index contributed by atoms with van der Waals surface area (Å²) in [4.78, 5) is 24.6. The molecule has 154 valence electrons. The van der Waals surface area contributed by atoms with Crippen LogP contribution in [0.5, 0.6) is 0 Å². The molecule has 2 saturated carbocycles. The predicted octanol–water partition coefficient (Wildman–Crippen LogP) is 4.08. The van der Waals surface area contributed by atoms with Crippen molar-refractivity contribution in [3.63, 3.8) is 0 Å². The van der Waals surface area contributed by atoms with Crippen LogP contribution >= 0.6 is 0 Å². The van der Waals surface area contributed by atoms with E-state index in [1.807, 2.05) is 6.92 Å². The number of ketones is 1. The summed E-state index contributed by atoms with van der Waals surface area (Å²) >= 11 is 0. The van der Waals surface area contributed by atoms with Crippen molar-refractivity contribution in [2.24, 2.45) is 11.0 Å². The summed E-state index contributed by atoms with van der Waals surface area (Å²) in [6.45, 7) is 3.01. The molecule has 1 N–H and O–H groups in total. The van der Waals surface area contributed by atoms with E-state index in [1.54, 1.807) is 24.3 Å². The maximum atomic E-state index is 12.7. The van der Waals surface area contributed by atoms with E-state index in [0.717, 1.165) is 17.2 Å². The second kappa shape index (κ2) is 7.80. The van der Waals surface area contributed by atoms with Crippen LogP contribution in [0.15, 0.2) is 53.6 Å². The Morgan fingerprint density at radius 3 is 2.47 bits per heavy atom. The van der Waals surface area contributed by atoms with Crippen LogP contribution in [-0.4, -0.2) is 30.0 Å². The lowest BCUT2D eigenvalue weighted by molar-refractivity contribution is -0.116. The molecule has 30 heavy (non-hydrogen) atoms. The average molecular weight is 402 g/mol. The molecule has 1 aliphatic heterocycles. The first-order chi connectivity index (χ1) is 14.6. The third-order valence-corrected chi connectivity index (χ3v) is 6.28. The predicted molar refractivity (Wildman–Crippen MR) is 118 cm³/mol. The zero-order chi connectivity index (χ0) is 20.7. The Morgan fingerprint density at radius 2 is 1.83 bits per heavy atom. The molecular formula is C25H27N3O2. The summed E-state index contributed by atoms with van der Waals surface area (Å²) in [6, 6.07) is 16.3. The van der Waals surface area contributed by atoms with Gasteiger partial charge in [0, 0.05) is 29.7 Å². The smallest absolute Gasteiger partial charge is 0.253 e. The Bertz CT molecular complexity index is 990. The first-order valence-electron chi connectivity index (χ1n) is 10.9. The molecule has 2 aliphatic carbocycles. The van der Waals surface area contributed by atoms with Crippen LogP contribution in [0.3, 0.4) is 0 Å². The van der Waals surface area contributed by atoms with Gasteiger partial charge in [-0.1, -0.05) is 24.3 Å². The number of nitrogens with one attached hydrogen (secondary N) is 1. The van der Waals surface area contributed by atoms with Crippen molar-refractivity contribution in [3.8, 4) is 0 Å². The second-order valence-corrected chi connectivity index (χ2v) is 8.91. The molecule has 0 saturated heterocycles. The summed E-state index contributed by atoms with van der Waals surface area (Å²) in [5.74, 6) is 1.59. The SMILES string of the molecule is CC1=NN(c2ccc(C(=O)Cc3ccc(C4CC4NCC4CC4)cc3)cc2)C(=O)C1. The van der Waals surface area contributed by atoms with Crippen LogP contribution < -0.4 is 10.3 Å². The number of nitrogens with zero attached hydrogens (tertiary/aromatic N) is 2. The first-order valence-corrected chi connectivity index (χ1v) is 10.9. The largest absolute Gasteiger partial charge is 0.313 e. The Balaban J connectivity index is 1.17. The number of benzene rings is 2. The number of hydrazone groups is 1. The summed E-state index contributed by atoms with van der Waals surface area (Å²) in [5, 5.41) is 9.34. The van der Waals surface area contributed by atoms with Gasteiger partial charge in [0.15, 0.2) is 5.78 Å². The summed E-state index contributed by atoms with van der Waals surface area (Å²) in [5.41, 5.74) is 4.56. The maximum absolute atomic E-state index is 12.7. The topological polar surface area (TPSA) is 61.8 Å². The number of rotatable bonds is 8. The van der Waals surface area contributed by atoms with Gasteiger partial charge in [-0.2, -0.15) is 5.10 Å². The van der Waals surface area contributed by atoms with Crippen LogP contribution in [-0.2, 0) is 11.2 Å². The Morgan fingerprint density at radius 1 is 1.10 bits per heavy atom. The van der Waals surface area contributed by atoms with E-state index in [9.17, 15) is 9.59 Å². The fourth-order valence-electron chi connectivity index (χ4n) is 4.14. The number of anilines is 1. The molecule has 2 fully saturated rings. The number of carbonyl (C=O) groups is 2. The molecule has 5 nitrogen and oxygen atoms in total. The van der Waals surface area contributed by atoms with Crippen LogP contribution in [0.25, 0.3) is 0 Å². The molecule has 0 aromatic heterocycles. The summed E-state index contributed by atoms with van der Waals surface area (Å²) in [6.07, 6.45) is 4.74. The zero-order valence-corrected chi connectivity index (χ0v) is 17.3. The van der Waals surface area contributed by atoms with Gasteiger partial charge in [0.2, 0.25) is 0 Å². The lowest BCUT2D eigenvalue weighted by atomic mass is 10.0. The Labute approximate surface area is 177 Å². The molecule has 0 spiro atoms. The normalized spacial score (nSPS) is 22.9. The highest BCUT2D eigenvalue weighted by molar-refractivity contribution is 6.12. The van der Waals surface area contributed by atoms with E-state index in [-0.39, 0.29) is 11.7 Å². The molecule has 5 heteroatoms. The van der Waals surface area contributed by atoms with Gasteiger partial charge in [-0.25, -0.2) is 5.01 Å². The molecule has 1 heterocycles. The quantitative estimate of drug-likeness (QED) is 0.678. The van der Waals surface area contributed by atoms with Crippen LogP contribution in [0, 0.1) is 5.92 Å². The number of hydrogen-bond donors (Lipinski definition) is 1. The van der Waals surface area contributed by atoms with Crippen LogP contribution in [0.2, 0.25) is 0 Å².